The average Bonchev–Trinajstić information content (AvgIpc) is 2.44. The molecule has 5 heteroatoms. The maximum atomic E-state index is 6.10. The molecule has 0 fully saturated rings. The van der Waals surface area contributed by atoms with E-state index in [2.05, 4.69) is 20.3 Å². The molecule has 0 radical (unpaired) electrons. The molecule has 3 rings (SSSR count). The monoisotopic (exact) mass is 284 g/mol. The predicted molar refractivity (Wildman–Crippen MR) is 81.5 cm³/mol. The highest BCUT2D eigenvalue weighted by Gasteiger charge is 2.09. The predicted octanol–water partition coefficient (Wildman–Crippen LogP) is 4.04. The Labute approximate surface area is 121 Å². The van der Waals surface area contributed by atoms with Crippen LogP contribution in [0, 0.1) is 13.8 Å². The normalized spacial score (nSPS) is 10.8. The van der Waals surface area contributed by atoms with E-state index in [1.807, 2.05) is 44.3 Å². The lowest BCUT2D eigenvalue weighted by Gasteiger charge is -2.12. The Hall–Kier alpha value is -2.20. The molecule has 1 N–H and O–H groups in total. The van der Waals surface area contributed by atoms with Crippen LogP contribution in [-0.4, -0.2) is 15.0 Å². The number of halogens is 1. The van der Waals surface area contributed by atoms with Gasteiger partial charge in [-0.2, -0.15) is 0 Å². The first-order valence-corrected chi connectivity index (χ1v) is 6.63. The third-order valence-corrected chi connectivity index (χ3v) is 3.50. The highest BCUT2D eigenvalue weighted by molar-refractivity contribution is 6.30. The van der Waals surface area contributed by atoms with E-state index in [-0.39, 0.29) is 0 Å². The molecule has 2 aromatic heterocycles. The van der Waals surface area contributed by atoms with E-state index in [1.54, 1.807) is 6.20 Å². The zero-order valence-electron chi connectivity index (χ0n) is 11.2. The van der Waals surface area contributed by atoms with Gasteiger partial charge in [0.1, 0.15) is 16.8 Å². The van der Waals surface area contributed by atoms with Gasteiger partial charge in [-0.05, 0) is 31.4 Å². The van der Waals surface area contributed by atoms with Crippen LogP contribution < -0.4 is 5.32 Å². The minimum atomic E-state index is 0.471. The number of pyridine rings is 1. The molecule has 4 nitrogen and oxygen atoms in total. The van der Waals surface area contributed by atoms with E-state index in [4.69, 9.17) is 11.6 Å². The average molecular weight is 285 g/mol. The minimum Gasteiger partial charge on any atom is -0.339 e. The Bertz CT molecular complexity index is 781. The Morgan fingerprint density at radius 1 is 1.10 bits per heavy atom. The van der Waals surface area contributed by atoms with E-state index in [0.29, 0.717) is 11.0 Å². The summed E-state index contributed by atoms with van der Waals surface area (Å²) in [7, 11) is 0. The van der Waals surface area contributed by atoms with E-state index in [1.165, 1.54) is 0 Å². The van der Waals surface area contributed by atoms with Crippen LogP contribution in [0.3, 0.4) is 0 Å². The minimum absolute atomic E-state index is 0.471. The van der Waals surface area contributed by atoms with Gasteiger partial charge < -0.3 is 5.32 Å². The van der Waals surface area contributed by atoms with Gasteiger partial charge in [0.2, 0.25) is 0 Å². The van der Waals surface area contributed by atoms with Crippen LogP contribution >= 0.6 is 11.6 Å². The first-order chi connectivity index (χ1) is 9.65. The van der Waals surface area contributed by atoms with Crippen molar-refractivity contribution in [1.82, 2.24) is 15.0 Å². The molecule has 3 aromatic rings. The largest absolute Gasteiger partial charge is 0.339 e. The molecule has 0 saturated carbocycles. The fourth-order valence-electron chi connectivity index (χ4n) is 2.07. The van der Waals surface area contributed by atoms with Crippen LogP contribution in [0.5, 0.6) is 0 Å². The van der Waals surface area contributed by atoms with Gasteiger partial charge in [-0.15, -0.1) is 0 Å². The SMILES string of the molecule is Cc1nc(Cl)c(C)c(Nc2cccc3ccncc23)n1. The number of aromatic nitrogens is 3. The van der Waals surface area contributed by atoms with Crippen LogP contribution in [0.1, 0.15) is 11.4 Å². The summed E-state index contributed by atoms with van der Waals surface area (Å²) in [6, 6.07) is 8.02. The first-order valence-electron chi connectivity index (χ1n) is 6.25. The molecule has 0 aliphatic heterocycles. The Balaban J connectivity index is 2.10. The first kappa shape index (κ1) is 12.8. The standard InChI is InChI=1S/C15H13ClN4/c1-9-14(16)18-10(2)19-15(9)20-13-5-3-4-11-6-7-17-8-12(11)13/h3-8H,1-2H3,(H,18,19,20). The quantitative estimate of drug-likeness (QED) is 0.722. The van der Waals surface area contributed by atoms with Gasteiger partial charge in [-0.3, -0.25) is 4.98 Å². The molecular weight excluding hydrogens is 272 g/mol. The molecule has 0 aliphatic carbocycles. The molecule has 0 bridgehead atoms. The molecule has 2 heterocycles. The van der Waals surface area contributed by atoms with E-state index >= 15 is 0 Å². The smallest absolute Gasteiger partial charge is 0.138 e. The molecule has 0 amide bonds. The number of hydrogen-bond acceptors (Lipinski definition) is 4. The summed E-state index contributed by atoms with van der Waals surface area (Å²) in [5.74, 6) is 1.36. The van der Waals surface area contributed by atoms with Gasteiger partial charge in [0.15, 0.2) is 0 Å². The molecule has 100 valence electrons. The fourth-order valence-corrected chi connectivity index (χ4v) is 2.28. The molecule has 0 saturated heterocycles. The maximum Gasteiger partial charge on any atom is 0.138 e. The summed E-state index contributed by atoms with van der Waals surface area (Å²) in [6.45, 7) is 3.72. The van der Waals surface area contributed by atoms with Gasteiger partial charge in [0, 0.05) is 29.0 Å². The van der Waals surface area contributed by atoms with Gasteiger partial charge in [-0.25, -0.2) is 9.97 Å². The van der Waals surface area contributed by atoms with E-state index in [0.717, 1.165) is 27.8 Å². The van der Waals surface area contributed by atoms with Crippen LogP contribution in [0.15, 0.2) is 36.7 Å². The van der Waals surface area contributed by atoms with Crippen molar-refractivity contribution in [1.29, 1.82) is 0 Å². The van der Waals surface area contributed by atoms with E-state index < -0.39 is 0 Å². The van der Waals surface area contributed by atoms with Gasteiger partial charge in [0.25, 0.3) is 0 Å². The van der Waals surface area contributed by atoms with Crippen LogP contribution in [0.25, 0.3) is 10.8 Å². The van der Waals surface area contributed by atoms with Crippen molar-refractivity contribution in [2.75, 3.05) is 5.32 Å². The summed E-state index contributed by atoms with van der Waals surface area (Å²) >= 11 is 6.10. The lowest BCUT2D eigenvalue weighted by molar-refractivity contribution is 1.04. The van der Waals surface area contributed by atoms with Crippen molar-refractivity contribution in [2.24, 2.45) is 0 Å². The topological polar surface area (TPSA) is 50.7 Å². The second kappa shape index (κ2) is 5.06. The van der Waals surface area contributed by atoms with Gasteiger partial charge in [0.05, 0.1) is 0 Å². The summed E-state index contributed by atoms with van der Waals surface area (Å²) in [5, 5.41) is 5.96. The number of fused-ring (bicyclic) bond motifs is 1. The number of nitrogens with one attached hydrogen (secondary N) is 1. The van der Waals surface area contributed by atoms with E-state index in [9.17, 15) is 0 Å². The molecule has 0 atom stereocenters. The van der Waals surface area contributed by atoms with Crippen molar-refractivity contribution in [3.05, 3.63) is 53.2 Å². The number of nitrogens with zero attached hydrogens (tertiary/aromatic N) is 3. The summed E-state index contributed by atoms with van der Waals surface area (Å²) < 4.78 is 0. The summed E-state index contributed by atoms with van der Waals surface area (Å²) in [5.41, 5.74) is 1.78. The molecule has 0 aliphatic rings. The number of hydrogen-bond donors (Lipinski definition) is 1. The van der Waals surface area contributed by atoms with Gasteiger partial charge in [-0.1, -0.05) is 23.7 Å². The summed E-state index contributed by atoms with van der Waals surface area (Å²) in [4.78, 5) is 12.7. The molecular formula is C15H13ClN4. The Kier molecular flexibility index (Phi) is 3.24. The lowest BCUT2D eigenvalue weighted by Crippen LogP contribution is -2.01. The second-order valence-electron chi connectivity index (χ2n) is 4.56. The van der Waals surface area contributed by atoms with Crippen molar-refractivity contribution < 1.29 is 0 Å². The molecule has 0 spiro atoms. The van der Waals surface area contributed by atoms with Crippen molar-refractivity contribution >= 4 is 33.9 Å². The highest BCUT2D eigenvalue weighted by atomic mass is 35.5. The van der Waals surface area contributed by atoms with Crippen LogP contribution in [0.2, 0.25) is 5.15 Å². The third-order valence-electron chi connectivity index (χ3n) is 3.13. The van der Waals surface area contributed by atoms with Gasteiger partial charge >= 0.3 is 0 Å². The number of rotatable bonds is 2. The second-order valence-corrected chi connectivity index (χ2v) is 4.92. The molecule has 1 aromatic carbocycles. The number of aryl methyl sites for hydroxylation is 1. The molecule has 0 unspecified atom stereocenters. The zero-order chi connectivity index (χ0) is 14.1. The number of benzene rings is 1. The van der Waals surface area contributed by atoms with Crippen molar-refractivity contribution in [3.8, 4) is 0 Å². The highest BCUT2D eigenvalue weighted by Crippen LogP contribution is 2.28. The maximum absolute atomic E-state index is 6.10. The summed E-state index contributed by atoms with van der Waals surface area (Å²) in [6.07, 6.45) is 3.62. The fraction of sp³-hybridized carbons (Fsp3) is 0.133. The zero-order valence-corrected chi connectivity index (χ0v) is 11.9. The van der Waals surface area contributed by atoms with Crippen molar-refractivity contribution in [3.63, 3.8) is 0 Å². The Morgan fingerprint density at radius 2 is 1.95 bits per heavy atom. The third kappa shape index (κ3) is 2.30. The Morgan fingerprint density at radius 3 is 2.80 bits per heavy atom. The van der Waals surface area contributed by atoms with Crippen LogP contribution in [-0.2, 0) is 0 Å². The molecule has 20 heavy (non-hydrogen) atoms. The number of anilines is 2. The lowest BCUT2D eigenvalue weighted by atomic mass is 10.1. The van der Waals surface area contributed by atoms with Crippen molar-refractivity contribution in [2.45, 2.75) is 13.8 Å². The van der Waals surface area contributed by atoms with Crippen LogP contribution in [0.4, 0.5) is 11.5 Å².